The molecule has 6 rings (SSSR count). The number of rotatable bonds is 3. The van der Waals surface area contributed by atoms with Gasteiger partial charge in [0, 0.05) is 5.30 Å². The molecule has 0 heterocycles. The minimum atomic E-state index is -5.05. The minimum absolute atomic E-state index is 0.193. The van der Waals surface area contributed by atoms with Gasteiger partial charge >= 0.3 is 12.4 Å². The SMILES string of the molecule is O=P(c1cc(C(F)(F)F)ccc1F)(c1cc(C(F)(F)F)ccc1F)c1ccc2ccc3cccc4ccc1c2c34. The lowest BCUT2D eigenvalue weighted by Crippen LogP contribution is -2.31. The molecule has 0 unspecified atom stereocenters. The zero-order valence-corrected chi connectivity index (χ0v) is 20.9. The van der Waals surface area contributed by atoms with Crippen LogP contribution < -0.4 is 15.9 Å². The van der Waals surface area contributed by atoms with Crippen molar-refractivity contribution in [1.29, 1.82) is 0 Å². The predicted molar refractivity (Wildman–Crippen MR) is 139 cm³/mol. The summed E-state index contributed by atoms with van der Waals surface area (Å²) < 4.78 is 128. The molecule has 0 fully saturated rings. The van der Waals surface area contributed by atoms with Crippen LogP contribution in [0, 0.1) is 11.6 Å². The van der Waals surface area contributed by atoms with Crippen molar-refractivity contribution in [3.8, 4) is 0 Å². The van der Waals surface area contributed by atoms with Crippen LogP contribution in [0.5, 0.6) is 0 Å². The molecule has 0 saturated heterocycles. The van der Waals surface area contributed by atoms with Gasteiger partial charge < -0.3 is 4.57 Å². The lowest BCUT2D eigenvalue weighted by Gasteiger charge is -2.25. The van der Waals surface area contributed by atoms with E-state index in [1.54, 1.807) is 12.1 Å². The average Bonchev–Trinajstić information content (AvgIpc) is 2.90. The smallest absolute Gasteiger partial charge is 0.308 e. The van der Waals surface area contributed by atoms with E-state index in [1.165, 1.54) is 18.2 Å². The summed E-state index contributed by atoms with van der Waals surface area (Å²) in [6.07, 6.45) is -10.00. The number of benzene rings is 6. The third kappa shape index (κ3) is 3.94. The third-order valence-electron chi connectivity index (χ3n) is 7.07. The molecule has 202 valence electrons. The molecule has 0 aliphatic rings. The highest BCUT2D eigenvalue weighted by atomic mass is 31.2. The maximum Gasteiger partial charge on any atom is 0.416 e. The third-order valence-corrected chi connectivity index (χ3v) is 10.2. The second-order valence-electron chi connectivity index (χ2n) is 9.38. The van der Waals surface area contributed by atoms with E-state index in [0.717, 1.165) is 10.8 Å². The number of hydrogen-bond donors (Lipinski definition) is 0. The van der Waals surface area contributed by atoms with Crippen LogP contribution in [0.15, 0.2) is 91.0 Å². The largest absolute Gasteiger partial charge is 0.416 e. The molecule has 40 heavy (non-hydrogen) atoms. The first-order valence-corrected chi connectivity index (χ1v) is 13.5. The molecule has 0 N–H and O–H groups in total. The van der Waals surface area contributed by atoms with Gasteiger partial charge in [0.15, 0.2) is 7.14 Å². The molecule has 1 nitrogen and oxygen atoms in total. The van der Waals surface area contributed by atoms with Crippen LogP contribution in [-0.2, 0) is 16.9 Å². The van der Waals surface area contributed by atoms with Gasteiger partial charge in [0.1, 0.15) is 11.6 Å². The lowest BCUT2D eigenvalue weighted by atomic mass is 9.94. The van der Waals surface area contributed by atoms with E-state index in [1.807, 2.05) is 24.3 Å². The Hall–Kier alpha value is -3.97. The molecule has 0 aromatic heterocycles. The van der Waals surface area contributed by atoms with E-state index in [4.69, 9.17) is 0 Å². The van der Waals surface area contributed by atoms with Gasteiger partial charge in [-0.3, -0.25) is 0 Å². The van der Waals surface area contributed by atoms with Gasteiger partial charge in [-0.15, -0.1) is 0 Å². The topological polar surface area (TPSA) is 17.1 Å². The van der Waals surface area contributed by atoms with Crippen LogP contribution in [0.4, 0.5) is 35.1 Å². The number of hydrogen-bond acceptors (Lipinski definition) is 1. The Balaban J connectivity index is 1.79. The predicted octanol–water partition coefficient (Wildman–Crippen LogP) is 8.54. The van der Waals surface area contributed by atoms with Crippen molar-refractivity contribution < 1.29 is 39.7 Å². The zero-order chi connectivity index (χ0) is 28.6. The van der Waals surface area contributed by atoms with Crippen LogP contribution >= 0.6 is 7.14 Å². The highest BCUT2D eigenvalue weighted by molar-refractivity contribution is 7.85. The van der Waals surface area contributed by atoms with Crippen LogP contribution in [0.1, 0.15) is 11.1 Å². The summed E-state index contributed by atoms with van der Waals surface area (Å²) in [5.74, 6) is -2.75. The molecular weight excluding hydrogens is 559 g/mol. The van der Waals surface area contributed by atoms with Gasteiger partial charge in [-0.05, 0) is 74.8 Å². The van der Waals surface area contributed by atoms with Crippen LogP contribution in [0.25, 0.3) is 32.3 Å². The van der Waals surface area contributed by atoms with Crippen molar-refractivity contribution in [2.24, 2.45) is 0 Å². The molecule has 0 aliphatic carbocycles. The maximum atomic E-state index is 15.4. The van der Waals surface area contributed by atoms with E-state index in [9.17, 15) is 26.3 Å². The molecular formula is C30H15F8OP. The molecule has 6 aromatic rings. The number of halogens is 8. The lowest BCUT2D eigenvalue weighted by molar-refractivity contribution is -0.138. The summed E-state index contributed by atoms with van der Waals surface area (Å²) in [6, 6.07) is 17.2. The Morgan fingerprint density at radius 1 is 0.500 bits per heavy atom. The van der Waals surface area contributed by atoms with Gasteiger partial charge in [0.2, 0.25) is 0 Å². The zero-order valence-electron chi connectivity index (χ0n) is 20.0. The highest BCUT2D eigenvalue weighted by Gasteiger charge is 2.41. The second kappa shape index (κ2) is 8.77. The van der Waals surface area contributed by atoms with Gasteiger partial charge in [-0.1, -0.05) is 48.5 Å². The Kier molecular flexibility index (Phi) is 5.75. The highest BCUT2D eigenvalue weighted by Crippen LogP contribution is 2.49. The molecule has 0 amide bonds. The summed E-state index contributed by atoms with van der Waals surface area (Å²) in [6.45, 7) is 0. The first-order chi connectivity index (χ1) is 18.8. The summed E-state index contributed by atoms with van der Waals surface area (Å²) in [5, 5.41) is 1.24. The van der Waals surface area contributed by atoms with Crippen molar-refractivity contribution >= 4 is 55.4 Å². The van der Waals surface area contributed by atoms with Crippen molar-refractivity contribution in [2.45, 2.75) is 12.4 Å². The van der Waals surface area contributed by atoms with Crippen molar-refractivity contribution in [2.75, 3.05) is 0 Å². The Bertz CT molecular complexity index is 1910. The Morgan fingerprint density at radius 2 is 0.950 bits per heavy atom. The molecule has 0 atom stereocenters. The Morgan fingerprint density at radius 3 is 1.45 bits per heavy atom. The first-order valence-electron chi connectivity index (χ1n) is 11.8. The molecule has 6 aromatic carbocycles. The first kappa shape index (κ1) is 26.3. The van der Waals surface area contributed by atoms with E-state index < -0.39 is 52.9 Å². The fourth-order valence-electron chi connectivity index (χ4n) is 5.24. The van der Waals surface area contributed by atoms with E-state index in [0.29, 0.717) is 40.4 Å². The van der Waals surface area contributed by atoms with Crippen molar-refractivity contribution in [3.05, 3.63) is 114 Å². The fraction of sp³-hybridized carbons (Fsp3) is 0.0667. The maximum absolute atomic E-state index is 15.4. The Labute approximate surface area is 221 Å². The molecule has 0 bridgehead atoms. The molecule has 0 radical (unpaired) electrons. The monoisotopic (exact) mass is 574 g/mol. The van der Waals surface area contributed by atoms with Gasteiger partial charge in [-0.2, -0.15) is 26.3 Å². The summed E-state index contributed by atoms with van der Waals surface area (Å²) in [5.41, 5.74) is -2.76. The molecule has 0 spiro atoms. The van der Waals surface area contributed by atoms with E-state index >= 15 is 13.3 Å². The van der Waals surface area contributed by atoms with Crippen molar-refractivity contribution in [1.82, 2.24) is 0 Å². The summed E-state index contributed by atoms with van der Waals surface area (Å²) in [7, 11) is -5.05. The van der Waals surface area contributed by atoms with Crippen LogP contribution in [-0.4, -0.2) is 0 Å². The van der Waals surface area contributed by atoms with E-state index in [2.05, 4.69) is 0 Å². The summed E-state index contributed by atoms with van der Waals surface area (Å²) >= 11 is 0. The number of alkyl halides is 6. The fourth-order valence-corrected chi connectivity index (χ4v) is 8.23. The van der Waals surface area contributed by atoms with Crippen LogP contribution in [0.2, 0.25) is 0 Å². The van der Waals surface area contributed by atoms with Gasteiger partial charge in [-0.25, -0.2) is 8.78 Å². The summed E-state index contributed by atoms with van der Waals surface area (Å²) in [4.78, 5) is 0. The van der Waals surface area contributed by atoms with Crippen LogP contribution in [0.3, 0.4) is 0 Å². The minimum Gasteiger partial charge on any atom is -0.308 e. The second-order valence-corrected chi connectivity index (χ2v) is 12.0. The average molecular weight is 574 g/mol. The van der Waals surface area contributed by atoms with Crippen molar-refractivity contribution in [3.63, 3.8) is 0 Å². The van der Waals surface area contributed by atoms with Gasteiger partial charge in [0.25, 0.3) is 0 Å². The standard InChI is InChI=1S/C30H15F8OP/c31-22-11-8-19(29(33,34)35)14-25(22)40(39,26-15-20(30(36,37)38)9-12-23(26)32)24-13-7-18-5-4-16-2-1-3-17-6-10-21(24)28(18)27(16)17/h1-15H. The molecule has 10 heteroatoms. The molecule has 0 aliphatic heterocycles. The quantitative estimate of drug-likeness (QED) is 0.118. The van der Waals surface area contributed by atoms with E-state index in [-0.39, 0.29) is 22.8 Å². The normalized spacial score (nSPS) is 13.1. The molecule has 0 saturated carbocycles. The van der Waals surface area contributed by atoms with Gasteiger partial charge in [0.05, 0.1) is 21.7 Å².